The number of Topliss-reactive ketones (excluding diaryl/α,β-unsaturated/α-hetero) is 2. The van der Waals surface area contributed by atoms with Gasteiger partial charge < -0.3 is 9.80 Å². The molecule has 0 aromatic heterocycles. The highest BCUT2D eigenvalue weighted by Gasteiger charge is 2.78. The van der Waals surface area contributed by atoms with Crippen molar-refractivity contribution in [1.82, 2.24) is 0 Å². The van der Waals surface area contributed by atoms with E-state index in [9.17, 15) is 20.1 Å². The number of nitriles is 2. The van der Waals surface area contributed by atoms with Gasteiger partial charge in [0.25, 0.3) is 0 Å². The summed E-state index contributed by atoms with van der Waals surface area (Å²) in [6, 6.07) is 20.1. The predicted molar refractivity (Wildman–Crippen MR) is 233 cm³/mol. The number of carbonyl (C=O) groups is 2. The number of alkyl halides is 2. The lowest BCUT2D eigenvalue weighted by Gasteiger charge is -2.54. The van der Waals surface area contributed by atoms with E-state index < -0.39 is 33.2 Å². The van der Waals surface area contributed by atoms with Crippen LogP contribution in [-0.4, -0.2) is 48.5 Å². The van der Waals surface area contributed by atoms with Crippen molar-refractivity contribution in [2.75, 3.05) is 36.0 Å². The van der Waals surface area contributed by atoms with Gasteiger partial charge >= 0.3 is 0 Å². The van der Waals surface area contributed by atoms with Gasteiger partial charge in [-0.25, -0.2) is 0 Å². The molecule has 0 radical (unpaired) electrons. The molecule has 1 fully saturated rings. The Balaban J connectivity index is 1.75. The largest absolute Gasteiger partial charge is 0.372 e. The summed E-state index contributed by atoms with van der Waals surface area (Å²) in [5, 5.41) is 18.7. The molecule has 4 rings (SSSR count). The van der Waals surface area contributed by atoms with Crippen molar-refractivity contribution in [2.24, 2.45) is 10.8 Å². The third kappa shape index (κ3) is 9.67. The summed E-state index contributed by atoms with van der Waals surface area (Å²) in [5.41, 5.74) is -0.401. The summed E-state index contributed by atoms with van der Waals surface area (Å²) in [4.78, 5) is 32.9. The minimum absolute atomic E-state index is 0.149. The maximum atomic E-state index is 14.1. The lowest BCUT2D eigenvalue weighted by molar-refractivity contribution is -0.141. The Morgan fingerprint density at radius 2 is 0.911 bits per heavy atom. The number of allylic oxidation sites excluding steroid dienone is 2. The predicted octanol–water partition coefficient (Wildman–Crippen LogP) is 11.8. The summed E-state index contributed by atoms with van der Waals surface area (Å²) in [7, 11) is 0. The maximum absolute atomic E-state index is 14.1. The van der Waals surface area contributed by atoms with Gasteiger partial charge in [-0.1, -0.05) is 129 Å². The summed E-state index contributed by atoms with van der Waals surface area (Å²) in [6.07, 6.45) is 18.9. The number of ketones is 2. The molecule has 8 heteroatoms. The Labute approximate surface area is 347 Å². The zero-order valence-electron chi connectivity index (χ0n) is 34.3. The second-order valence-corrected chi connectivity index (χ2v) is 16.5. The van der Waals surface area contributed by atoms with Gasteiger partial charge in [-0.15, -0.1) is 23.2 Å². The van der Waals surface area contributed by atoms with E-state index in [4.69, 9.17) is 23.2 Å². The quantitative estimate of drug-likeness (QED) is 0.0632. The molecule has 2 unspecified atom stereocenters. The van der Waals surface area contributed by atoms with Gasteiger partial charge in [-0.3, -0.25) is 9.59 Å². The fourth-order valence-corrected chi connectivity index (χ4v) is 8.83. The Bertz CT molecular complexity index is 1760. The summed E-state index contributed by atoms with van der Waals surface area (Å²) in [6.45, 7) is 12.8. The van der Waals surface area contributed by atoms with Crippen molar-refractivity contribution in [3.8, 4) is 24.0 Å². The van der Waals surface area contributed by atoms with Crippen LogP contribution in [0, 0.1) is 45.3 Å². The molecule has 6 nitrogen and oxygen atoms in total. The second-order valence-electron chi connectivity index (χ2n) is 15.6. The zero-order chi connectivity index (χ0) is 40.6. The monoisotopic (exact) mass is 796 g/mol. The van der Waals surface area contributed by atoms with E-state index in [2.05, 4.69) is 73.6 Å². The Morgan fingerprint density at radius 1 is 0.536 bits per heavy atom. The molecular weight excluding hydrogens is 735 g/mol. The number of nitrogens with zero attached hydrogens (tertiary/aromatic N) is 4. The number of benzene rings is 2. The molecule has 0 amide bonds. The SMILES string of the molecule is CCCCCCN(CCCCCC)c1ccc(C#CC2=C(c3ccc(N(CCCCCC)CCCCCC)cc3)[C@]3(C#N)C(=O)C(Cl)C(Cl)C(=O)[C@]23C#N)cc1. The van der Waals surface area contributed by atoms with Crippen LogP contribution in [0.3, 0.4) is 0 Å². The molecule has 0 bridgehead atoms. The number of hydrogen-bond acceptors (Lipinski definition) is 6. The molecule has 0 N–H and O–H groups in total. The van der Waals surface area contributed by atoms with Crippen LogP contribution >= 0.6 is 23.2 Å². The van der Waals surface area contributed by atoms with Crippen molar-refractivity contribution >= 4 is 51.7 Å². The zero-order valence-corrected chi connectivity index (χ0v) is 35.8. The number of unbranched alkanes of at least 4 members (excludes halogenated alkanes) is 12. The van der Waals surface area contributed by atoms with Crippen LogP contribution in [0.25, 0.3) is 5.57 Å². The van der Waals surface area contributed by atoms with Gasteiger partial charge in [0.1, 0.15) is 10.8 Å². The van der Waals surface area contributed by atoms with Crippen molar-refractivity contribution in [1.29, 1.82) is 10.5 Å². The smallest absolute Gasteiger partial charge is 0.180 e. The molecule has 0 spiro atoms. The van der Waals surface area contributed by atoms with E-state index in [1.165, 1.54) is 77.0 Å². The van der Waals surface area contributed by atoms with Crippen LogP contribution in [-0.2, 0) is 9.59 Å². The standard InChI is InChI=1S/C48H62Cl2N4O2/c1-5-9-13-17-31-53(32-18-14-10-6-2)39-26-21-37(22-27-39)23-30-41-42(48(36-52)46(56)44(50)43(49)45(55)47(41,48)35-51)38-24-28-40(29-25-38)54(33-19-15-11-7-3)34-20-16-12-8-4/h21-22,24-29,43-44H,5-20,31-34H2,1-4H3/t43?,44?,47-,48+/m0/s1. The molecule has 0 saturated heterocycles. The maximum Gasteiger partial charge on any atom is 0.180 e. The van der Waals surface area contributed by atoms with Crippen molar-refractivity contribution in [3.05, 3.63) is 65.2 Å². The first kappa shape index (κ1) is 44.9. The van der Waals surface area contributed by atoms with Gasteiger partial charge in [0.15, 0.2) is 22.4 Å². The fourth-order valence-electron chi connectivity index (χ4n) is 8.28. The van der Waals surface area contributed by atoms with Gasteiger partial charge in [-0.05, 0) is 67.6 Å². The van der Waals surface area contributed by atoms with E-state index in [-0.39, 0.29) is 11.1 Å². The van der Waals surface area contributed by atoms with Crippen LogP contribution in [0.1, 0.15) is 142 Å². The number of halogens is 2. The molecule has 56 heavy (non-hydrogen) atoms. The molecule has 2 aromatic rings. The molecule has 2 aliphatic rings. The number of fused-ring (bicyclic) bond motifs is 1. The lowest BCUT2D eigenvalue weighted by atomic mass is 9.40. The van der Waals surface area contributed by atoms with Crippen molar-refractivity contribution < 1.29 is 9.59 Å². The number of carbonyl (C=O) groups excluding carboxylic acids is 2. The minimum atomic E-state index is -2.16. The van der Waals surface area contributed by atoms with Crippen molar-refractivity contribution in [3.63, 3.8) is 0 Å². The fraction of sp³-hybridized carbons (Fsp3) is 0.583. The average molecular weight is 798 g/mol. The summed E-state index contributed by atoms with van der Waals surface area (Å²) >= 11 is 12.9. The minimum Gasteiger partial charge on any atom is -0.372 e. The normalized spacial score (nSPS) is 21.4. The number of anilines is 2. The Hall–Kier alpha value is -3.76. The van der Waals surface area contributed by atoms with Crippen LogP contribution in [0.4, 0.5) is 11.4 Å². The lowest BCUT2D eigenvalue weighted by Crippen LogP contribution is -2.68. The van der Waals surface area contributed by atoms with Crippen LogP contribution in [0.15, 0.2) is 54.1 Å². The molecule has 0 heterocycles. The first-order chi connectivity index (χ1) is 27.2. The molecule has 1 saturated carbocycles. The molecular formula is C48H62Cl2N4O2. The first-order valence-electron chi connectivity index (χ1n) is 21.4. The van der Waals surface area contributed by atoms with Crippen LogP contribution in [0.5, 0.6) is 0 Å². The third-order valence-electron chi connectivity index (χ3n) is 11.6. The van der Waals surface area contributed by atoms with Gasteiger partial charge in [0.05, 0.1) is 12.1 Å². The highest BCUT2D eigenvalue weighted by atomic mass is 35.5. The van der Waals surface area contributed by atoms with E-state index in [1.807, 2.05) is 36.4 Å². The topological polar surface area (TPSA) is 88.2 Å². The Morgan fingerprint density at radius 3 is 1.29 bits per heavy atom. The molecule has 2 aliphatic carbocycles. The molecule has 0 aliphatic heterocycles. The second kappa shape index (κ2) is 22.3. The van der Waals surface area contributed by atoms with E-state index in [1.54, 1.807) is 0 Å². The highest BCUT2D eigenvalue weighted by Crippen LogP contribution is 2.68. The van der Waals surface area contributed by atoms with Crippen molar-refractivity contribution in [2.45, 2.75) is 141 Å². The molecule has 2 aromatic carbocycles. The number of hydrogen-bond donors (Lipinski definition) is 0. The van der Waals surface area contributed by atoms with Crippen LogP contribution in [0.2, 0.25) is 0 Å². The summed E-state index contributed by atoms with van der Waals surface area (Å²) < 4.78 is 0. The van der Waals surface area contributed by atoms with E-state index in [0.717, 1.165) is 63.2 Å². The molecule has 300 valence electrons. The highest BCUT2D eigenvalue weighted by molar-refractivity contribution is 6.49. The van der Waals surface area contributed by atoms with Gasteiger partial charge in [0, 0.05) is 54.3 Å². The Kier molecular flexibility index (Phi) is 17.9. The average Bonchev–Trinajstić information content (AvgIpc) is 3.22. The molecule has 4 atom stereocenters. The van der Waals surface area contributed by atoms with E-state index >= 15 is 0 Å². The third-order valence-corrected chi connectivity index (χ3v) is 12.6. The van der Waals surface area contributed by atoms with E-state index in [0.29, 0.717) is 11.1 Å². The number of rotatable bonds is 23. The van der Waals surface area contributed by atoms with Crippen LogP contribution < -0.4 is 9.80 Å². The van der Waals surface area contributed by atoms with Gasteiger partial charge in [-0.2, -0.15) is 10.5 Å². The first-order valence-corrected chi connectivity index (χ1v) is 22.3. The van der Waals surface area contributed by atoms with Gasteiger partial charge in [0.2, 0.25) is 0 Å². The summed E-state index contributed by atoms with van der Waals surface area (Å²) in [5.74, 6) is 4.84.